The Kier molecular flexibility index (Phi) is 4.60. The van der Waals surface area contributed by atoms with Crippen molar-refractivity contribution >= 4 is 0 Å². The van der Waals surface area contributed by atoms with Crippen molar-refractivity contribution in [2.24, 2.45) is 11.3 Å². The van der Waals surface area contributed by atoms with Crippen LogP contribution in [0.2, 0.25) is 0 Å². The minimum atomic E-state index is 0.156. The van der Waals surface area contributed by atoms with Crippen LogP contribution in [0.5, 0.6) is 0 Å². The lowest BCUT2D eigenvalue weighted by molar-refractivity contribution is 0.332. The first kappa shape index (κ1) is 14.1. The first-order valence-electron chi connectivity index (χ1n) is 6.10. The summed E-state index contributed by atoms with van der Waals surface area (Å²) in [5, 5.41) is 8.19. The van der Waals surface area contributed by atoms with E-state index in [1.807, 2.05) is 13.8 Å². The van der Waals surface area contributed by atoms with Gasteiger partial charge in [-0.2, -0.15) is 10.2 Å². The Hall–Kier alpha value is -1.00. The molecular formula is C13H24N4. The van der Waals surface area contributed by atoms with Gasteiger partial charge in [-0.15, -0.1) is 0 Å². The number of hydrogen-bond acceptors (Lipinski definition) is 4. The predicted octanol–water partition coefficient (Wildman–Crippen LogP) is 2.42. The molecule has 4 nitrogen and oxygen atoms in total. The average Bonchev–Trinajstić information content (AvgIpc) is 2.22. The van der Waals surface area contributed by atoms with Crippen LogP contribution in [-0.4, -0.2) is 10.2 Å². The fourth-order valence-corrected chi connectivity index (χ4v) is 1.83. The van der Waals surface area contributed by atoms with E-state index in [4.69, 9.17) is 5.84 Å². The van der Waals surface area contributed by atoms with Crippen LogP contribution in [-0.2, 0) is 0 Å². The quantitative estimate of drug-likeness (QED) is 0.622. The first-order valence-corrected chi connectivity index (χ1v) is 6.10. The molecule has 0 aliphatic rings. The van der Waals surface area contributed by atoms with Crippen LogP contribution in [0.1, 0.15) is 56.6 Å². The molecule has 1 aromatic heterocycles. The molecule has 0 spiro atoms. The van der Waals surface area contributed by atoms with Crippen molar-refractivity contribution in [1.82, 2.24) is 15.6 Å². The standard InChI is InChI=1S/C13H24N4/c1-9-8-11(10(2)17-16-9)12(15-14)6-7-13(3,4)5/h8,12,15H,6-7,14H2,1-5H3. The van der Waals surface area contributed by atoms with Crippen LogP contribution >= 0.6 is 0 Å². The molecule has 96 valence electrons. The van der Waals surface area contributed by atoms with Crippen LogP contribution in [0.4, 0.5) is 0 Å². The van der Waals surface area contributed by atoms with E-state index < -0.39 is 0 Å². The van der Waals surface area contributed by atoms with E-state index in [1.54, 1.807) is 0 Å². The summed E-state index contributed by atoms with van der Waals surface area (Å²) in [6.45, 7) is 10.6. The van der Waals surface area contributed by atoms with Crippen molar-refractivity contribution in [3.63, 3.8) is 0 Å². The van der Waals surface area contributed by atoms with Crippen molar-refractivity contribution < 1.29 is 0 Å². The smallest absolute Gasteiger partial charge is 0.0648 e. The van der Waals surface area contributed by atoms with Gasteiger partial charge in [0.2, 0.25) is 0 Å². The molecule has 1 heterocycles. The molecule has 0 aromatic carbocycles. The highest BCUT2D eigenvalue weighted by molar-refractivity contribution is 5.23. The van der Waals surface area contributed by atoms with E-state index in [2.05, 4.69) is 42.5 Å². The summed E-state index contributed by atoms with van der Waals surface area (Å²) in [4.78, 5) is 0. The highest BCUT2D eigenvalue weighted by Gasteiger charge is 2.18. The number of aromatic nitrogens is 2. The van der Waals surface area contributed by atoms with Gasteiger partial charge < -0.3 is 0 Å². The van der Waals surface area contributed by atoms with Gasteiger partial charge in [-0.3, -0.25) is 11.3 Å². The van der Waals surface area contributed by atoms with E-state index >= 15 is 0 Å². The third-order valence-electron chi connectivity index (χ3n) is 2.90. The third-order valence-corrected chi connectivity index (χ3v) is 2.90. The highest BCUT2D eigenvalue weighted by atomic mass is 15.2. The van der Waals surface area contributed by atoms with Gasteiger partial charge in [0.15, 0.2) is 0 Å². The van der Waals surface area contributed by atoms with Gasteiger partial charge in [-0.25, -0.2) is 0 Å². The molecule has 0 aliphatic heterocycles. The molecule has 17 heavy (non-hydrogen) atoms. The minimum absolute atomic E-state index is 0.156. The second kappa shape index (κ2) is 5.56. The highest BCUT2D eigenvalue weighted by Crippen LogP contribution is 2.27. The Morgan fingerprint density at radius 2 is 1.94 bits per heavy atom. The maximum atomic E-state index is 5.65. The number of rotatable bonds is 4. The van der Waals surface area contributed by atoms with Crippen molar-refractivity contribution in [3.05, 3.63) is 23.0 Å². The molecule has 0 fully saturated rings. The Morgan fingerprint density at radius 3 is 2.47 bits per heavy atom. The summed E-state index contributed by atoms with van der Waals surface area (Å²) in [6.07, 6.45) is 2.12. The summed E-state index contributed by atoms with van der Waals surface area (Å²) in [7, 11) is 0. The lowest BCUT2D eigenvalue weighted by Gasteiger charge is -2.23. The van der Waals surface area contributed by atoms with E-state index in [9.17, 15) is 0 Å². The van der Waals surface area contributed by atoms with E-state index in [0.717, 1.165) is 29.8 Å². The molecule has 1 atom stereocenters. The zero-order valence-corrected chi connectivity index (χ0v) is 11.5. The summed E-state index contributed by atoms with van der Waals surface area (Å²) in [6, 6.07) is 2.22. The van der Waals surface area contributed by atoms with Crippen molar-refractivity contribution in [2.45, 2.75) is 53.5 Å². The van der Waals surface area contributed by atoms with Gasteiger partial charge in [0, 0.05) is 6.04 Å². The molecule has 4 heteroatoms. The number of hydrogen-bond donors (Lipinski definition) is 2. The Bertz CT molecular complexity index is 368. The van der Waals surface area contributed by atoms with Crippen molar-refractivity contribution in [2.75, 3.05) is 0 Å². The maximum absolute atomic E-state index is 5.65. The van der Waals surface area contributed by atoms with Crippen LogP contribution in [0.3, 0.4) is 0 Å². The number of nitrogens with zero attached hydrogens (tertiary/aromatic N) is 2. The molecule has 0 radical (unpaired) electrons. The van der Waals surface area contributed by atoms with Gasteiger partial charge in [-0.1, -0.05) is 20.8 Å². The minimum Gasteiger partial charge on any atom is -0.271 e. The van der Waals surface area contributed by atoms with Gasteiger partial charge in [0.05, 0.1) is 11.4 Å². The lowest BCUT2D eigenvalue weighted by Crippen LogP contribution is -2.30. The molecule has 0 bridgehead atoms. The molecule has 1 unspecified atom stereocenters. The summed E-state index contributed by atoms with van der Waals surface area (Å²) < 4.78 is 0. The largest absolute Gasteiger partial charge is 0.271 e. The maximum Gasteiger partial charge on any atom is 0.0648 e. The van der Waals surface area contributed by atoms with Gasteiger partial charge >= 0.3 is 0 Å². The van der Waals surface area contributed by atoms with Crippen molar-refractivity contribution in [3.8, 4) is 0 Å². The number of nitrogens with one attached hydrogen (secondary N) is 1. The van der Waals surface area contributed by atoms with Crippen LogP contribution in [0, 0.1) is 19.3 Å². The second-order valence-corrected chi connectivity index (χ2v) is 5.85. The molecule has 1 aromatic rings. The van der Waals surface area contributed by atoms with E-state index in [0.29, 0.717) is 5.41 Å². The molecule has 0 saturated carbocycles. The molecule has 0 saturated heterocycles. The average molecular weight is 236 g/mol. The summed E-state index contributed by atoms with van der Waals surface area (Å²) >= 11 is 0. The van der Waals surface area contributed by atoms with Crippen LogP contribution in [0.25, 0.3) is 0 Å². The van der Waals surface area contributed by atoms with Gasteiger partial charge in [0.25, 0.3) is 0 Å². The van der Waals surface area contributed by atoms with Gasteiger partial charge in [-0.05, 0) is 43.7 Å². The topological polar surface area (TPSA) is 63.8 Å². The zero-order chi connectivity index (χ0) is 13.1. The Morgan fingerprint density at radius 1 is 1.29 bits per heavy atom. The molecular weight excluding hydrogens is 212 g/mol. The Balaban J connectivity index is 2.82. The molecule has 0 amide bonds. The zero-order valence-electron chi connectivity index (χ0n) is 11.5. The SMILES string of the molecule is Cc1cc(C(CCC(C)(C)C)NN)c(C)nn1. The van der Waals surface area contributed by atoms with Crippen molar-refractivity contribution in [1.29, 1.82) is 0 Å². The van der Waals surface area contributed by atoms with Gasteiger partial charge in [0.1, 0.15) is 0 Å². The first-order chi connectivity index (χ1) is 7.83. The second-order valence-electron chi connectivity index (χ2n) is 5.85. The van der Waals surface area contributed by atoms with Crippen LogP contribution in [0.15, 0.2) is 6.07 Å². The predicted molar refractivity (Wildman–Crippen MR) is 70.3 cm³/mol. The Labute approximate surface area is 104 Å². The fraction of sp³-hybridized carbons (Fsp3) is 0.692. The fourth-order valence-electron chi connectivity index (χ4n) is 1.83. The third kappa shape index (κ3) is 4.40. The molecule has 1 rings (SSSR count). The van der Waals surface area contributed by atoms with E-state index in [-0.39, 0.29) is 6.04 Å². The normalized spacial score (nSPS) is 13.8. The number of aryl methyl sites for hydroxylation is 2. The summed E-state index contributed by atoms with van der Waals surface area (Å²) in [5.41, 5.74) is 6.25. The molecule has 0 aliphatic carbocycles. The monoisotopic (exact) mass is 236 g/mol. The summed E-state index contributed by atoms with van der Waals surface area (Å²) in [5.74, 6) is 5.65. The van der Waals surface area contributed by atoms with E-state index in [1.165, 1.54) is 0 Å². The van der Waals surface area contributed by atoms with Crippen LogP contribution < -0.4 is 11.3 Å². The number of nitrogens with two attached hydrogens (primary N) is 1. The lowest BCUT2D eigenvalue weighted by atomic mass is 9.87. The molecule has 3 N–H and O–H groups in total. The number of hydrazine groups is 1.